The Bertz CT molecular complexity index is 992. The van der Waals surface area contributed by atoms with E-state index in [2.05, 4.69) is 6.07 Å². The fourth-order valence-corrected chi connectivity index (χ4v) is 3.15. The minimum absolute atomic E-state index is 0.0586. The van der Waals surface area contributed by atoms with Gasteiger partial charge in [-0.25, -0.2) is 4.79 Å². The minimum Gasteiger partial charge on any atom is -0.484 e. The van der Waals surface area contributed by atoms with Crippen LogP contribution in [0.3, 0.4) is 0 Å². The van der Waals surface area contributed by atoms with Gasteiger partial charge in [0, 0.05) is 29.8 Å². The highest BCUT2D eigenvalue weighted by atomic mass is 16.5. The first-order chi connectivity index (χ1) is 12.2. The average molecular weight is 335 g/mol. The zero-order valence-electron chi connectivity index (χ0n) is 13.6. The van der Waals surface area contributed by atoms with Crippen molar-refractivity contribution in [3.8, 4) is 5.75 Å². The molecule has 126 valence electrons. The number of benzene rings is 2. The molecule has 1 aliphatic heterocycles. The molecule has 0 fully saturated rings. The van der Waals surface area contributed by atoms with Crippen LogP contribution in [-0.2, 0) is 11.2 Å². The number of amides is 1. The molecule has 0 atom stereocenters. The number of hydrogen-bond donors (Lipinski definition) is 0. The van der Waals surface area contributed by atoms with Crippen LogP contribution >= 0.6 is 0 Å². The van der Waals surface area contributed by atoms with Crippen molar-refractivity contribution in [2.45, 2.75) is 12.8 Å². The lowest BCUT2D eigenvalue weighted by molar-refractivity contribution is -0.120. The molecule has 0 bridgehead atoms. The number of rotatable bonds is 3. The minimum atomic E-state index is -0.411. The first-order valence-electron chi connectivity index (χ1n) is 8.26. The lowest BCUT2D eigenvalue weighted by atomic mass is 10.0. The van der Waals surface area contributed by atoms with Gasteiger partial charge in [-0.15, -0.1) is 0 Å². The standard InChI is InChI=1S/C20H17NO4/c22-19(21-11-3-5-14-4-1-2-6-17(14)21)13-24-16-9-7-15-8-10-20(23)25-18(15)12-16/h1-2,4,6-10,12H,3,5,11,13H2. The van der Waals surface area contributed by atoms with E-state index < -0.39 is 5.63 Å². The van der Waals surface area contributed by atoms with Gasteiger partial charge >= 0.3 is 5.63 Å². The summed E-state index contributed by atoms with van der Waals surface area (Å²) < 4.78 is 10.8. The summed E-state index contributed by atoms with van der Waals surface area (Å²) in [4.78, 5) is 25.7. The van der Waals surface area contributed by atoms with E-state index in [9.17, 15) is 9.59 Å². The maximum atomic E-state index is 12.6. The first-order valence-corrected chi connectivity index (χ1v) is 8.26. The van der Waals surface area contributed by atoms with Gasteiger partial charge in [-0.1, -0.05) is 18.2 Å². The molecular formula is C20H17NO4. The third kappa shape index (κ3) is 3.13. The number of carbonyl (C=O) groups is 1. The number of fused-ring (bicyclic) bond motifs is 2. The molecular weight excluding hydrogens is 318 g/mol. The summed E-state index contributed by atoms with van der Waals surface area (Å²) in [6, 6.07) is 16.2. The number of aryl methyl sites for hydroxylation is 1. The van der Waals surface area contributed by atoms with Crippen molar-refractivity contribution in [3.05, 3.63) is 70.6 Å². The van der Waals surface area contributed by atoms with Crippen molar-refractivity contribution >= 4 is 22.6 Å². The van der Waals surface area contributed by atoms with Crippen molar-refractivity contribution in [3.63, 3.8) is 0 Å². The number of nitrogens with zero attached hydrogens (tertiary/aromatic N) is 1. The Labute approximate surface area is 144 Å². The normalized spacial score (nSPS) is 13.5. The Morgan fingerprint density at radius 2 is 1.96 bits per heavy atom. The van der Waals surface area contributed by atoms with Crippen LogP contribution in [0, 0.1) is 0 Å². The molecule has 5 nitrogen and oxygen atoms in total. The van der Waals surface area contributed by atoms with Gasteiger partial charge in [0.25, 0.3) is 5.91 Å². The SMILES string of the molecule is O=C(COc1ccc2ccc(=O)oc2c1)N1CCCc2ccccc21. The lowest BCUT2D eigenvalue weighted by Gasteiger charge is -2.29. The lowest BCUT2D eigenvalue weighted by Crippen LogP contribution is -2.38. The van der Waals surface area contributed by atoms with Gasteiger partial charge in [0.1, 0.15) is 11.3 Å². The van der Waals surface area contributed by atoms with Gasteiger partial charge < -0.3 is 14.1 Å². The molecule has 0 spiro atoms. The molecule has 5 heteroatoms. The van der Waals surface area contributed by atoms with E-state index in [1.807, 2.05) is 18.2 Å². The second-order valence-electron chi connectivity index (χ2n) is 6.02. The van der Waals surface area contributed by atoms with Crippen molar-refractivity contribution in [1.29, 1.82) is 0 Å². The number of ether oxygens (including phenoxy) is 1. The zero-order valence-corrected chi connectivity index (χ0v) is 13.6. The van der Waals surface area contributed by atoms with Gasteiger partial charge in [-0.3, -0.25) is 4.79 Å². The van der Waals surface area contributed by atoms with Crippen LogP contribution < -0.4 is 15.3 Å². The molecule has 1 aromatic heterocycles. The summed E-state index contributed by atoms with van der Waals surface area (Å²) in [5.74, 6) is 0.419. The number of anilines is 1. The Morgan fingerprint density at radius 1 is 1.12 bits per heavy atom. The second-order valence-corrected chi connectivity index (χ2v) is 6.02. The molecule has 1 aliphatic rings. The summed E-state index contributed by atoms with van der Waals surface area (Å²) in [5.41, 5.74) is 2.19. The highest BCUT2D eigenvalue weighted by molar-refractivity contribution is 5.95. The van der Waals surface area contributed by atoms with Crippen LogP contribution in [0.1, 0.15) is 12.0 Å². The Morgan fingerprint density at radius 3 is 2.88 bits per heavy atom. The summed E-state index contributed by atoms with van der Waals surface area (Å²) in [6.07, 6.45) is 1.94. The molecule has 1 amide bonds. The van der Waals surface area contributed by atoms with E-state index in [0.29, 0.717) is 17.9 Å². The summed E-state index contributed by atoms with van der Waals surface area (Å²) in [5, 5.41) is 0.809. The third-order valence-corrected chi connectivity index (χ3v) is 4.37. The molecule has 0 unspecified atom stereocenters. The Balaban J connectivity index is 1.50. The molecule has 0 saturated carbocycles. The topological polar surface area (TPSA) is 59.8 Å². The van der Waals surface area contributed by atoms with Crippen molar-refractivity contribution in [2.24, 2.45) is 0 Å². The number of para-hydroxylation sites is 1. The van der Waals surface area contributed by atoms with E-state index in [4.69, 9.17) is 9.15 Å². The van der Waals surface area contributed by atoms with E-state index in [1.54, 1.807) is 29.2 Å². The molecule has 3 aromatic rings. The average Bonchev–Trinajstić information content (AvgIpc) is 2.65. The summed E-state index contributed by atoms with van der Waals surface area (Å²) in [6.45, 7) is 0.642. The molecule has 4 rings (SSSR count). The molecule has 25 heavy (non-hydrogen) atoms. The molecule has 0 N–H and O–H groups in total. The maximum absolute atomic E-state index is 12.6. The Hall–Kier alpha value is -3.08. The van der Waals surface area contributed by atoms with Crippen molar-refractivity contribution in [1.82, 2.24) is 0 Å². The van der Waals surface area contributed by atoms with Crippen LogP contribution in [0.15, 0.2) is 63.8 Å². The van der Waals surface area contributed by atoms with Crippen molar-refractivity contribution < 1.29 is 13.9 Å². The highest BCUT2D eigenvalue weighted by Crippen LogP contribution is 2.27. The molecule has 0 saturated heterocycles. The maximum Gasteiger partial charge on any atom is 0.336 e. The third-order valence-electron chi connectivity index (χ3n) is 4.37. The van der Waals surface area contributed by atoms with Crippen LogP contribution in [0.4, 0.5) is 5.69 Å². The van der Waals surface area contributed by atoms with Crippen LogP contribution in [0.5, 0.6) is 5.75 Å². The van der Waals surface area contributed by atoms with E-state index in [-0.39, 0.29) is 12.5 Å². The fourth-order valence-electron chi connectivity index (χ4n) is 3.15. The van der Waals surface area contributed by atoms with Gasteiger partial charge in [0.15, 0.2) is 6.61 Å². The largest absolute Gasteiger partial charge is 0.484 e. The van der Waals surface area contributed by atoms with Crippen molar-refractivity contribution in [2.75, 3.05) is 18.1 Å². The summed E-state index contributed by atoms with van der Waals surface area (Å²) in [7, 11) is 0. The molecule has 0 aliphatic carbocycles. The quantitative estimate of drug-likeness (QED) is 0.690. The van der Waals surface area contributed by atoms with Crippen LogP contribution in [-0.4, -0.2) is 19.1 Å². The molecule has 2 heterocycles. The van der Waals surface area contributed by atoms with Gasteiger partial charge in [-0.05, 0) is 42.7 Å². The first kappa shape index (κ1) is 15.4. The fraction of sp³-hybridized carbons (Fsp3) is 0.200. The monoisotopic (exact) mass is 335 g/mol. The summed E-state index contributed by atoms with van der Waals surface area (Å²) >= 11 is 0. The van der Waals surface area contributed by atoms with Gasteiger partial charge in [-0.2, -0.15) is 0 Å². The predicted octanol–water partition coefficient (Wildman–Crippen LogP) is 3.15. The van der Waals surface area contributed by atoms with E-state index in [1.165, 1.54) is 11.6 Å². The Kier molecular flexibility index (Phi) is 3.98. The van der Waals surface area contributed by atoms with Crippen LogP contribution in [0.25, 0.3) is 11.0 Å². The zero-order chi connectivity index (χ0) is 17.2. The van der Waals surface area contributed by atoms with E-state index >= 15 is 0 Å². The second kappa shape index (κ2) is 6.43. The highest BCUT2D eigenvalue weighted by Gasteiger charge is 2.22. The smallest absolute Gasteiger partial charge is 0.336 e. The number of hydrogen-bond acceptors (Lipinski definition) is 4. The molecule has 2 aromatic carbocycles. The van der Waals surface area contributed by atoms with Crippen LogP contribution in [0.2, 0.25) is 0 Å². The van der Waals surface area contributed by atoms with Gasteiger partial charge in [0.2, 0.25) is 0 Å². The molecule has 0 radical (unpaired) electrons. The van der Waals surface area contributed by atoms with E-state index in [0.717, 1.165) is 23.9 Å². The number of carbonyl (C=O) groups excluding carboxylic acids is 1. The van der Waals surface area contributed by atoms with Gasteiger partial charge in [0.05, 0.1) is 0 Å². The predicted molar refractivity (Wildman–Crippen MR) is 95.1 cm³/mol.